The van der Waals surface area contributed by atoms with Gasteiger partial charge in [-0.15, -0.1) is 11.3 Å². The lowest BCUT2D eigenvalue weighted by Gasteiger charge is -2.47. The van der Waals surface area contributed by atoms with Crippen molar-refractivity contribution in [2.75, 3.05) is 13.2 Å². The van der Waals surface area contributed by atoms with Gasteiger partial charge in [-0.05, 0) is 49.4 Å². The fraction of sp³-hybridized carbons (Fsp3) is 0.500. The van der Waals surface area contributed by atoms with E-state index in [-0.39, 0.29) is 18.0 Å². The second-order valence-electron chi connectivity index (χ2n) is 7.32. The summed E-state index contributed by atoms with van der Waals surface area (Å²) in [5.41, 5.74) is 2.77. The SMILES string of the molecule is C[C@H]1C[C@@]2(CCN1Cc1cccc(F)c1)OCCc1c2sc(Cl)c1CO. The number of likely N-dealkylation sites (tertiary alicyclic amines) is 1. The van der Waals surface area contributed by atoms with Crippen molar-refractivity contribution in [1.82, 2.24) is 4.90 Å². The summed E-state index contributed by atoms with van der Waals surface area (Å²) in [6, 6.07) is 7.15. The van der Waals surface area contributed by atoms with Crippen LogP contribution < -0.4 is 0 Å². The molecule has 1 aromatic heterocycles. The molecule has 0 bridgehead atoms. The molecule has 1 saturated heterocycles. The Morgan fingerprint density at radius 2 is 2.31 bits per heavy atom. The summed E-state index contributed by atoms with van der Waals surface area (Å²) >= 11 is 7.95. The minimum atomic E-state index is -0.298. The minimum Gasteiger partial charge on any atom is -0.392 e. The van der Waals surface area contributed by atoms with E-state index in [9.17, 15) is 9.50 Å². The molecule has 1 N–H and O–H groups in total. The first-order valence-electron chi connectivity index (χ1n) is 9.06. The van der Waals surface area contributed by atoms with E-state index >= 15 is 0 Å². The normalized spacial score (nSPS) is 26.2. The average molecular weight is 396 g/mol. The Hall–Kier alpha value is -0.980. The van der Waals surface area contributed by atoms with Crippen molar-refractivity contribution >= 4 is 22.9 Å². The molecule has 0 saturated carbocycles. The first-order chi connectivity index (χ1) is 12.5. The van der Waals surface area contributed by atoms with E-state index < -0.39 is 0 Å². The molecule has 0 radical (unpaired) electrons. The van der Waals surface area contributed by atoms with Gasteiger partial charge in [0.1, 0.15) is 11.4 Å². The molecule has 2 aliphatic heterocycles. The third-order valence-electron chi connectivity index (χ3n) is 5.70. The first-order valence-corrected chi connectivity index (χ1v) is 10.3. The van der Waals surface area contributed by atoms with Gasteiger partial charge in [0, 0.05) is 29.6 Å². The lowest BCUT2D eigenvalue weighted by atomic mass is 9.81. The first kappa shape index (κ1) is 18.4. The van der Waals surface area contributed by atoms with Gasteiger partial charge in [0.15, 0.2) is 0 Å². The number of ether oxygens (including phenoxy) is 1. The van der Waals surface area contributed by atoms with Crippen LogP contribution in [0.4, 0.5) is 4.39 Å². The highest BCUT2D eigenvalue weighted by atomic mass is 35.5. The Bertz CT molecular complexity index is 811. The highest BCUT2D eigenvalue weighted by Crippen LogP contribution is 2.49. The highest BCUT2D eigenvalue weighted by Gasteiger charge is 2.45. The number of aliphatic hydroxyl groups is 1. The standard InChI is InChI=1S/C20H23ClFNO2S/c1-13-10-20(6-7-23(13)11-14-3-2-4-15(22)9-14)18-16(5-8-25-20)17(12-24)19(21)26-18/h2-4,9,13,24H,5-8,10-12H2,1H3/t13-,20+/m0/s1. The summed E-state index contributed by atoms with van der Waals surface area (Å²) in [5.74, 6) is -0.186. The number of piperidine rings is 1. The van der Waals surface area contributed by atoms with Crippen LogP contribution in [0.25, 0.3) is 0 Å². The fourth-order valence-corrected chi connectivity index (χ4v) is 6.04. The molecule has 1 spiro atoms. The summed E-state index contributed by atoms with van der Waals surface area (Å²) in [5, 5.41) is 9.67. The Morgan fingerprint density at radius 3 is 3.04 bits per heavy atom. The van der Waals surface area contributed by atoms with E-state index in [1.165, 1.54) is 16.5 Å². The van der Waals surface area contributed by atoms with Crippen molar-refractivity contribution in [3.05, 3.63) is 56.0 Å². The quantitative estimate of drug-likeness (QED) is 0.831. The number of fused-ring (bicyclic) bond motifs is 2. The zero-order valence-electron chi connectivity index (χ0n) is 14.8. The number of benzene rings is 1. The van der Waals surface area contributed by atoms with Crippen LogP contribution in [0.2, 0.25) is 4.34 Å². The molecule has 1 aromatic carbocycles. The van der Waals surface area contributed by atoms with E-state index in [0.717, 1.165) is 43.5 Å². The number of thiophene rings is 1. The molecule has 1 fully saturated rings. The van der Waals surface area contributed by atoms with Gasteiger partial charge in [-0.3, -0.25) is 4.90 Å². The lowest BCUT2D eigenvalue weighted by Crippen LogP contribution is -2.50. The maximum absolute atomic E-state index is 13.5. The molecule has 0 unspecified atom stereocenters. The third kappa shape index (κ3) is 3.20. The van der Waals surface area contributed by atoms with Crippen molar-refractivity contribution < 1.29 is 14.2 Å². The molecular formula is C20H23ClFNO2S. The van der Waals surface area contributed by atoms with Crippen molar-refractivity contribution in [3.63, 3.8) is 0 Å². The molecule has 26 heavy (non-hydrogen) atoms. The average Bonchev–Trinajstić information content (AvgIpc) is 2.95. The van der Waals surface area contributed by atoms with E-state index in [1.807, 2.05) is 6.07 Å². The van der Waals surface area contributed by atoms with Crippen molar-refractivity contribution in [3.8, 4) is 0 Å². The predicted octanol–water partition coefficient (Wildman–Crippen LogP) is 4.49. The number of nitrogens with zero attached hydrogens (tertiary/aromatic N) is 1. The number of hydrogen-bond donors (Lipinski definition) is 1. The van der Waals surface area contributed by atoms with Gasteiger partial charge < -0.3 is 9.84 Å². The molecule has 2 atom stereocenters. The fourth-order valence-electron chi connectivity index (χ4n) is 4.37. The number of halogens is 2. The van der Waals surface area contributed by atoms with Crippen LogP contribution in [0.1, 0.15) is 41.3 Å². The van der Waals surface area contributed by atoms with Crippen LogP contribution in [-0.2, 0) is 29.9 Å². The summed E-state index contributed by atoms with van der Waals surface area (Å²) in [6.45, 7) is 4.50. The topological polar surface area (TPSA) is 32.7 Å². The zero-order chi connectivity index (χ0) is 18.3. The Balaban J connectivity index is 1.56. The van der Waals surface area contributed by atoms with Crippen molar-refractivity contribution in [2.45, 2.75) is 51.0 Å². The van der Waals surface area contributed by atoms with E-state index in [0.29, 0.717) is 17.0 Å². The van der Waals surface area contributed by atoms with Crippen LogP contribution in [-0.4, -0.2) is 29.2 Å². The van der Waals surface area contributed by atoms with Gasteiger partial charge in [0.05, 0.1) is 17.6 Å². The molecule has 0 amide bonds. The summed E-state index contributed by atoms with van der Waals surface area (Å²) in [6.07, 6.45) is 2.59. The Labute approximate surface area is 162 Å². The van der Waals surface area contributed by atoms with Gasteiger partial charge in [0.25, 0.3) is 0 Å². The molecule has 0 aliphatic carbocycles. The summed E-state index contributed by atoms with van der Waals surface area (Å²) in [7, 11) is 0. The molecule has 140 valence electrons. The molecular weight excluding hydrogens is 373 g/mol. The third-order valence-corrected chi connectivity index (χ3v) is 7.40. The monoisotopic (exact) mass is 395 g/mol. The van der Waals surface area contributed by atoms with E-state index in [4.69, 9.17) is 16.3 Å². The van der Waals surface area contributed by atoms with Crippen molar-refractivity contribution in [1.29, 1.82) is 0 Å². The zero-order valence-corrected chi connectivity index (χ0v) is 16.4. The molecule has 2 aliphatic rings. The minimum absolute atomic E-state index is 0.0119. The largest absolute Gasteiger partial charge is 0.392 e. The van der Waals surface area contributed by atoms with Crippen LogP contribution in [0.3, 0.4) is 0 Å². The maximum atomic E-state index is 13.5. The van der Waals surface area contributed by atoms with Gasteiger partial charge >= 0.3 is 0 Å². The molecule has 6 heteroatoms. The number of aliphatic hydroxyl groups excluding tert-OH is 1. The van der Waals surface area contributed by atoms with Crippen LogP contribution in [0, 0.1) is 5.82 Å². The molecule has 2 aromatic rings. The summed E-state index contributed by atoms with van der Waals surface area (Å²) < 4.78 is 20.5. The van der Waals surface area contributed by atoms with Gasteiger partial charge in [-0.25, -0.2) is 4.39 Å². The van der Waals surface area contributed by atoms with E-state index in [1.54, 1.807) is 23.5 Å². The molecule has 3 heterocycles. The highest BCUT2D eigenvalue weighted by molar-refractivity contribution is 7.16. The van der Waals surface area contributed by atoms with Crippen LogP contribution in [0.5, 0.6) is 0 Å². The smallest absolute Gasteiger partial charge is 0.123 e. The lowest BCUT2D eigenvalue weighted by molar-refractivity contribution is -0.110. The molecule has 4 rings (SSSR count). The second-order valence-corrected chi connectivity index (χ2v) is 8.94. The second kappa shape index (κ2) is 7.21. The van der Waals surface area contributed by atoms with E-state index in [2.05, 4.69) is 11.8 Å². The van der Waals surface area contributed by atoms with Crippen molar-refractivity contribution in [2.24, 2.45) is 0 Å². The van der Waals surface area contributed by atoms with Gasteiger partial charge in [-0.2, -0.15) is 0 Å². The van der Waals surface area contributed by atoms with Crippen LogP contribution in [0.15, 0.2) is 24.3 Å². The predicted molar refractivity (Wildman–Crippen MR) is 102 cm³/mol. The van der Waals surface area contributed by atoms with Gasteiger partial charge in [-0.1, -0.05) is 23.7 Å². The Morgan fingerprint density at radius 1 is 1.46 bits per heavy atom. The van der Waals surface area contributed by atoms with Crippen LogP contribution >= 0.6 is 22.9 Å². The number of rotatable bonds is 3. The summed E-state index contributed by atoms with van der Waals surface area (Å²) in [4.78, 5) is 3.59. The Kier molecular flexibility index (Phi) is 5.10. The van der Waals surface area contributed by atoms with Gasteiger partial charge in [0.2, 0.25) is 0 Å². The maximum Gasteiger partial charge on any atom is 0.123 e. The molecule has 3 nitrogen and oxygen atoms in total. The number of hydrogen-bond acceptors (Lipinski definition) is 4.